The minimum Gasteiger partial charge on any atom is -0.457 e. The zero-order chi connectivity index (χ0) is 18.1. The minimum atomic E-state index is -0.0938. The Bertz CT molecular complexity index is 1130. The van der Waals surface area contributed by atoms with Crippen molar-refractivity contribution in [1.29, 1.82) is 0 Å². The van der Waals surface area contributed by atoms with E-state index in [1.807, 2.05) is 79.7 Å². The molecule has 1 heterocycles. The van der Waals surface area contributed by atoms with Gasteiger partial charge in [-0.15, -0.1) is 0 Å². The molecule has 0 atom stereocenters. The molecule has 0 bridgehead atoms. The van der Waals surface area contributed by atoms with Gasteiger partial charge in [-0.25, -0.2) is 4.68 Å². The predicted molar refractivity (Wildman–Crippen MR) is 104 cm³/mol. The second-order valence-corrected chi connectivity index (χ2v) is 6.26. The maximum Gasteiger partial charge on any atom is 0.274 e. The third kappa shape index (κ3) is 2.97. The molecule has 0 fully saturated rings. The van der Waals surface area contributed by atoms with Crippen LogP contribution in [0.15, 0.2) is 77.6 Å². The highest BCUT2D eigenvalue weighted by Gasteiger charge is 2.10. The van der Waals surface area contributed by atoms with Crippen LogP contribution >= 0.6 is 0 Å². The van der Waals surface area contributed by atoms with E-state index in [2.05, 4.69) is 5.10 Å². The summed E-state index contributed by atoms with van der Waals surface area (Å²) in [7, 11) is 1.67. The maximum atomic E-state index is 12.3. The SMILES string of the molecule is Cc1ccc(Oc2ccc(-c3nn(C)c(=O)c4ccccc34)cc2)cc1. The van der Waals surface area contributed by atoms with Crippen molar-refractivity contribution in [2.24, 2.45) is 7.05 Å². The van der Waals surface area contributed by atoms with E-state index < -0.39 is 0 Å². The van der Waals surface area contributed by atoms with E-state index >= 15 is 0 Å². The summed E-state index contributed by atoms with van der Waals surface area (Å²) < 4.78 is 7.26. The normalized spacial score (nSPS) is 10.8. The van der Waals surface area contributed by atoms with Crippen LogP contribution in [0.3, 0.4) is 0 Å². The van der Waals surface area contributed by atoms with Gasteiger partial charge in [-0.2, -0.15) is 5.10 Å². The van der Waals surface area contributed by atoms with Crippen LogP contribution < -0.4 is 10.3 Å². The molecule has 4 heteroatoms. The maximum absolute atomic E-state index is 12.3. The first-order valence-corrected chi connectivity index (χ1v) is 8.43. The van der Waals surface area contributed by atoms with Gasteiger partial charge in [0.15, 0.2) is 0 Å². The van der Waals surface area contributed by atoms with Crippen molar-refractivity contribution >= 4 is 10.8 Å². The number of fused-ring (bicyclic) bond motifs is 1. The van der Waals surface area contributed by atoms with Crippen LogP contribution in [0.4, 0.5) is 0 Å². The van der Waals surface area contributed by atoms with Crippen molar-refractivity contribution < 1.29 is 4.74 Å². The van der Waals surface area contributed by atoms with Gasteiger partial charge in [0.05, 0.1) is 11.1 Å². The molecule has 26 heavy (non-hydrogen) atoms. The third-order valence-electron chi connectivity index (χ3n) is 4.34. The smallest absolute Gasteiger partial charge is 0.274 e. The number of hydrogen-bond acceptors (Lipinski definition) is 3. The van der Waals surface area contributed by atoms with Crippen LogP contribution in [0, 0.1) is 6.92 Å². The molecular formula is C22H18N2O2. The highest BCUT2D eigenvalue weighted by Crippen LogP contribution is 2.28. The van der Waals surface area contributed by atoms with Gasteiger partial charge in [-0.1, -0.05) is 35.9 Å². The molecule has 0 aliphatic carbocycles. The monoisotopic (exact) mass is 342 g/mol. The molecule has 0 spiro atoms. The number of aryl methyl sites for hydroxylation is 2. The highest BCUT2D eigenvalue weighted by atomic mass is 16.5. The molecule has 128 valence electrons. The zero-order valence-corrected chi connectivity index (χ0v) is 14.6. The number of hydrogen-bond donors (Lipinski definition) is 0. The number of rotatable bonds is 3. The fourth-order valence-corrected chi connectivity index (χ4v) is 2.94. The van der Waals surface area contributed by atoms with Crippen molar-refractivity contribution in [2.75, 3.05) is 0 Å². The van der Waals surface area contributed by atoms with Gasteiger partial charge in [-0.3, -0.25) is 4.79 Å². The minimum absolute atomic E-state index is 0.0938. The van der Waals surface area contributed by atoms with Gasteiger partial charge in [0.2, 0.25) is 0 Å². The highest BCUT2D eigenvalue weighted by molar-refractivity contribution is 5.93. The van der Waals surface area contributed by atoms with Gasteiger partial charge < -0.3 is 4.74 Å². The fourth-order valence-electron chi connectivity index (χ4n) is 2.94. The molecule has 0 saturated heterocycles. The van der Waals surface area contributed by atoms with E-state index in [-0.39, 0.29) is 5.56 Å². The van der Waals surface area contributed by atoms with Gasteiger partial charge in [-0.05, 0) is 49.4 Å². The molecule has 0 aliphatic heterocycles. The molecule has 4 rings (SSSR count). The average Bonchev–Trinajstić information content (AvgIpc) is 2.67. The summed E-state index contributed by atoms with van der Waals surface area (Å²) in [6.45, 7) is 2.04. The van der Waals surface area contributed by atoms with E-state index in [4.69, 9.17) is 4.74 Å². The molecule has 0 saturated carbocycles. The Morgan fingerprint density at radius 1 is 0.808 bits per heavy atom. The summed E-state index contributed by atoms with van der Waals surface area (Å²) in [5, 5.41) is 5.97. The first kappa shape index (κ1) is 16.1. The van der Waals surface area contributed by atoms with E-state index in [9.17, 15) is 4.79 Å². The lowest BCUT2D eigenvalue weighted by Gasteiger charge is -2.10. The van der Waals surface area contributed by atoms with Crippen molar-refractivity contribution in [2.45, 2.75) is 6.92 Å². The lowest BCUT2D eigenvalue weighted by Crippen LogP contribution is -2.20. The molecule has 0 aliphatic rings. The van der Waals surface area contributed by atoms with Crippen LogP contribution in [0.1, 0.15) is 5.56 Å². The van der Waals surface area contributed by atoms with Crippen LogP contribution in [-0.4, -0.2) is 9.78 Å². The van der Waals surface area contributed by atoms with Gasteiger partial charge in [0, 0.05) is 18.0 Å². The second-order valence-electron chi connectivity index (χ2n) is 6.26. The predicted octanol–water partition coefficient (Wildman–Crippen LogP) is 4.70. The number of benzene rings is 3. The Morgan fingerprint density at radius 2 is 1.38 bits per heavy atom. The Kier molecular flexibility index (Phi) is 4.01. The van der Waals surface area contributed by atoms with Gasteiger partial charge >= 0.3 is 0 Å². The molecule has 1 aromatic heterocycles. The average molecular weight is 342 g/mol. The first-order chi connectivity index (χ1) is 12.6. The Hall–Kier alpha value is -3.40. The van der Waals surface area contributed by atoms with Crippen LogP contribution in [0.5, 0.6) is 11.5 Å². The van der Waals surface area contributed by atoms with E-state index in [1.165, 1.54) is 10.2 Å². The van der Waals surface area contributed by atoms with Crippen LogP contribution in [0.25, 0.3) is 22.0 Å². The van der Waals surface area contributed by atoms with Crippen LogP contribution in [-0.2, 0) is 7.05 Å². The molecule has 4 nitrogen and oxygen atoms in total. The lowest BCUT2D eigenvalue weighted by atomic mass is 10.0. The van der Waals surface area contributed by atoms with Crippen LogP contribution in [0.2, 0.25) is 0 Å². The van der Waals surface area contributed by atoms with Gasteiger partial charge in [0.25, 0.3) is 5.56 Å². The molecule has 0 radical (unpaired) electrons. The summed E-state index contributed by atoms with van der Waals surface area (Å²) in [6, 6.07) is 23.2. The summed E-state index contributed by atoms with van der Waals surface area (Å²) in [4.78, 5) is 12.3. The Balaban J connectivity index is 1.71. The van der Waals surface area contributed by atoms with E-state index in [0.717, 1.165) is 28.1 Å². The second kappa shape index (κ2) is 6.48. The quantitative estimate of drug-likeness (QED) is 0.542. The summed E-state index contributed by atoms with van der Waals surface area (Å²) in [5.41, 5.74) is 2.82. The molecule has 4 aromatic rings. The number of aromatic nitrogens is 2. The fraction of sp³-hybridized carbons (Fsp3) is 0.0909. The molecule has 0 amide bonds. The first-order valence-electron chi connectivity index (χ1n) is 8.43. The van der Waals surface area contributed by atoms with E-state index in [1.54, 1.807) is 7.05 Å². The Morgan fingerprint density at radius 3 is 2.04 bits per heavy atom. The molecular weight excluding hydrogens is 324 g/mol. The third-order valence-corrected chi connectivity index (χ3v) is 4.34. The van der Waals surface area contributed by atoms with E-state index in [0.29, 0.717) is 5.39 Å². The standard InChI is InChI=1S/C22H18N2O2/c1-15-7-11-17(12-8-15)26-18-13-9-16(10-14-18)21-19-5-3-4-6-20(19)22(25)24(2)23-21/h3-14H,1-2H3. The van der Waals surface area contributed by atoms with Crippen molar-refractivity contribution in [1.82, 2.24) is 9.78 Å². The summed E-state index contributed by atoms with van der Waals surface area (Å²) in [5.74, 6) is 1.56. The largest absolute Gasteiger partial charge is 0.457 e. The molecule has 0 N–H and O–H groups in total. The van der Waals surface area contributed by atoms with Crippen molar-refractivity contribution in [3.05, 3.63) is 88.7 Å². The number of ether oxygens (including phenoxy) is 1. The molecule has 3 aromatic carbocycles. The Labute approximate surface area is 151 Å². The number of nitrogens with zero attached hydrogens (tertiary/aromatic N) is 2. The van der Waals surface area contributed by atoms with Crippen molar-refractivity contribution in [3.63, 3.8) is 0 Å². The van der Waals surface area contributed by atoms with Gasteiger partial charge in [0.1, 0.15) is 11.5 Å². The lowest BCUT2D eigenvalue weighted by molar-refractivity contribution is 0.482. The summed E-state index contributed by atoms with van der Waals surface area (Å²) in [6.07, 6.45) is 0. The molecule has 0 unspecified atom stereocenters. The topological polar surface area (TPSA) is 44.1 Å². The zero-order valence-electron chi connectivity index (χ0n) is 14.6. The summed E-state index contributed by atoms with van der Waals surface area (Å²) >= 11 is 0. The van der Waals surface area contributed by atoms with Crippen molar-refractivity contribution in [3.8, 4) is 22.8 Å².